The summed E-state index contributed by atoms with van der Waals surface area (Å²) in [4.78, 5) is 6.94. The SMILES string of the molecule is CCOc1ccc(N(Cc2ccccc2)C2=NC3CS(=O)(=O)CC3S2)cc1. The van der Waals surface area contributed by atoms with Gasteiger partial charge in [0.2, 0.25) is 0 Å². The van der Waals surface area contributed by atoms with Crippen LogP contribution in [-0.4, -0.2) is 43.0 Å². The lowest BCUT2D eigenvalue weighted by atomic mass is 10.2. The molecule has 1 fully saturated rings. The molecule has 2 aromatic carbocycles. The van der Waals surface area contributed by atoms with E-state index in [0.717, 1.165) is 16.6 Å². The summed E-state index contributed by atoms with van der Waals surface area (Å²) in [6.45, 7) is 3.28. The van der Waals surface area contributed by atoms with E-state index < -0.39 is 9.84 Å². The number of fused-ring (bicyclic) bond motifs is 1. The van der Waals surface area contributed by atoms with E-state index in [1.807, 2.05) is 49.4 Å². The number of hydrogen-bond acceptors (Lipinski definition) is 6. The lowest BCUT2D eigenvalue weighted by molar-refractivity contribution is 0.340. The van der Waals surface area contributed by atoms with Gasteiger partial charge >= 0.3 is 0 Å². The molecule has 0 N–H and O–H groups in total. The van der Waals surface area contributed by atoms with E-state index in [1.165, 1.54) is 5.56 Å². The fraction of sp³-hybridized carbons (Fsp3) is 0.350. The number of hydrogen-bond donors (Lipinski definition) is 0. The molecule has 27 heavy (non-hydrogen) atoms. The van der Waals surface area contributed by atoms with Gasteiger partial charge in [0, 0.05) is 10.9 Å². The molecule has 0 saturated carbocycles. The molecule has 1 saturated heterocycles. The minimum Gasteiger partial charge on any atom is -0.494 e. The molecule has 0 aromatic heterocycles. The quantitative estimate of drug-likeness (QED) is 0.768. The Morgan fingerprint density at radius 3 is 2.52 bits per heavy atom. The molecule has 2 atom stereocenters. The summed E-state index contributed by atoms with van der Waals surface area (Å²) in [5.41, 5.74) is 2.20. The van der Waals surface area contributed by atoms with Gasteiger partial charge in [-0.1, -0.05) is 42.1 Å². The van der Waals surface area contributed by atoms with Gasteiger partial charge in [0.1, 0.15) is 5.75 Å². The highest BCUT2D eigenvalue weighted by atomic mass is 32.2. The first-order chi connectivity index (χ1) is 13.0. The molecule has 2 aromatic rings. The molecule has 0 spiro atoms. The second-order valence-corrected chi connectivity index (χ2v) is 10.1. The molecule has 142 valence electrons. The van der Waals surface area contributed by atoms with Gasteiger partial charge in [0.05, 0.1) is 30.7 Å². The molecule has 5 nitrogen and oxygen atoms in total. The summed E-state index contributed by atoms with van der Waals surface area (Å²) >= 11 is 1.59. The Hall–Kier alpha value is -1.99. The van der Waals surface area contributed by atoms with Crippen molar-refractivity contribution < 1.29 is 13.2 Å². The fourth-order valence-corrected chi connectivity index (χ4v) is 7.18. The number of rotatable bonds is 5. The van der Waals surface area contributed by atoms with Crippen molar-refractivity contribution >= 4 is 32.5 Å². The fourth-order valence-electron chi connectivity index (χ4n) is 3.40. The van der Waals surface area contributed by atoms with Crippen LogP contribution in [0, 0.1) is 0 Å². The first kappa shape index (κ1) is 18.4. The molecule has 4 rings (SSSR count). The van der Waals surface area contributed by atoms with Crippen LogP contribution >= 0.6 is 11.8 Å². The van der Waals surface area contributed by atoms with Crippen LogP contribution in [0.2, 0.25) is 0 Å². The summed E-state index contributed by atoms with van der Waals surface area (Å²) < 4.78 is 29.3. The zero-order valence-electron chi connectivity index (χ0n) is 15.1. The molecule has 0 radical (unpaired) electrons. The first-order valence-electron chi connectivity index (χ1n) is 9.03. The van der Waals surface area contributed by atoms with Crippen molar-refractivity contribution in [2.24, 2.45) is 4.99 Å². The Labute approximate surface area is 164 Å². The van der Waals surface area contributed by atoms with E-state index in [4.69, 9.17) is 9.73 Å². The van der Waals surface area contributed by atoms with E-state index in [9.17, 15) is 8.42 Å². The van der Waals surface area contributed by atoms with Crippen molar-refractivity contribution in [2.45, 2.75) is 24.8 Å². The van der Waals surface area contributed by atoms with Crippen molar-refractivity contribution in [1.29, 1.82) is 0 Å². The maximum absolute atomic E-state index is 11.9. The van der Waals surface area contributed by atoms with Crippen LogP contribution in [0.1, 0.15) is 12.5 Å². The Morgan fingerprint density at radius 2 is 1.85 bits per heavy atom. The molecule has 2 unspecified atom stereocenters. The summed E-state index contributed by atoms with van der Waals surface area (Å²) in [7, 11) is -2.95. The number of aliphatic imine (C=N–C) groups is 1. The summed E-state index contributed by atoms with van der Waals surface area (Å²) in [6, 6.07) is 18.1. The third-order valence-corrected chi connectivity index (χ3v) is 7.93. The predicted octanol–water partition coefficient (Wildman–Crippen LogP) is 3.36. The highest BCUT2D eigenvalue weighted by Gasteiger charge is 2.43. The summed E-state index contributed by atoms with van der Waals surface area (Å²) in [5.74, 6) is 1.22. The van der Waals surface area contributed by atoms with Crippen LogP contribution in [0.3, 0.4) is 0 Å². The highest BCUT2D eigenvalue weighted by molar-refractivity contribution is 8.15. The molecule has 0 bridgehead atoms. The molecular weight excluding hydrogens is 380 g/mol. The molecule has 7 heteroatoms. The number of benzene rings is 2. The lowest BCUT2D eigenvalue weighted by Gasteiger charge is -2.25. The van der Waals surface area contributed by atoms with Crippen molar-refractivity contribution in [1.82, 2.24) is 0 Å². The van der Waals surface area contributed by atoms with E-state index in [2.05, 4.69) is 17.0 Å². The number of amidine groups is 1. The van der Waals surface area contributed by atoms with E-state index in [0.29, 0.717) is 13.2 Å². The van der Waals surface area contributed by atoms with Crippen molar-refractivity contribution in [3.63, 3.8) is 0 Å². The van der Waals surface area contributed by atoms with Gasteiger partial charge in [0.15, 0.2) is 15.0 Å². The van der Waals surface area contributed by atoms with Gasteiger partial charge in [-0.25, -0.2) is 8.42 Å². The van der Waals surface area contributed by atoms with Crippen LogP contribution in [0.25, 0.3) is 0 Å². The molecule has 2 aliphatic heterocycles. The van der Waals surface area contributed by atoms with Gasteiger partial charge in [0.25, 0.3) is 0 Å². The van der Waals surface area contributed by atoms with Crippen LogP contribution in [0.4, 0.5) is 5.69 Å². The third kappa shape index (κ3) is 4.14. The normalized spacial score (nSPS) is 22.9. The molecule has 0 aliphatic carbocycles. The maximum Gasteiger partial charge on any atom is 0.164 e. The average Bonchev–Trinajstić information content (AvgIpc) is 3.15. The molecule has 2 heterocycles. The minimum atomic E-state index is -2.95. The number of ether oxygens (including phenoxy) is 1. The van der Waals surface area contributed by atoms with Crippen molar-refractivity contribution in [3.8, 4) is 5.75 Å². The molecule has 2 aliphatic rings. The second-order valence-electron chi connectivity index (χ2n) is 6.71. The lowest BCUT2D eigenvalue weighted by Crippen LogP contribution is -2.28. The zero-order chi connectivity index (χ0) is 18.9. The predicted molar refractivity (Wildman–Crippen MR) is 111 cm³/mol. The van der Waals surface area contributed by atoms with Gasteiger partial charge in [-0.05, 0) is 36.8 Å². The Bertz CT molecular complexity index is 927. The number of nitrogens with zero attached hydrogens (tertiary/aromatic N) is 2. The minimum absolute atomic E-state index is 0.0333. The highest BCUT2D eigenvalue weighted by Crippen LogP contribution is 2.37. The number of sulfone groups is 1. The Balaban J connectivity index is 1.62. The first-order valence-corrected chi connectivity index (χ1v) is 11.7. The summed E-state index contributed by atoms with van der Waals surface area (Å²) in [5, 5.41) is 0.930. The molecular formula is C20H22N2O3S2. The van der Waals surface area contributed by atoms with E-state index in [1.54, 1.807) is 11.8 Å². The maximum atomic E-state index is 11.9. The number of anilines is 1. The van der Waals surface area contributed by atoms with E-state index in [-0.39, 0.29) is 22.8 Å². The van der Waals surface area contributed by atoms with Crippen molar-refractivity contribution in [2.75, 3.05) is 23.0 Å². The van der Waals surface area contributed by atoms with Gasteiger partial charge in [-0.2, -0.15) is 0 Å². The van der Waals surface area contributed by atoms with Crippen LogP contribution in [0.15, 0.2) is 59.6 Å². The van der Waals surface area contributed by atoms with E-state index >= 15 is 0 Å². The molecule has 0 amide bonds. The van der Waals surface area contributed by atoms with Crippen LogP contribution < -0.4 is 9.64 Å². The standard InChI is InChI=1S/C20H22N2O3S2/c1-2-25-17-10-8-16(9-11-17)22(12-15-6-4-3-5-7-15)20-21-18-13-27(23,24)14-19(18)26-20/h3-11,18-19H,2,12-14H2,1H3. The van der Waals surface area contributed by atoms with Crippen LogP contribution in [0.5, 0.6) is 5.75 Å². The largest absolute Gasteiger partial charge is 0.494 e. The number of thioether (sulfide) groups is 1. The smallest absolute Gasteiger partial charge is 0.164 e. The Morgan fingerprint density at radius 1 is 1.11 bits per heavy atom. The second kappa shape index (κ2) is 7.56. The average molecular weight is 403 g/mol. The zero-order valence-corrected chi connectivity index (χ0v) is 16.7. The topological polar surface area (TPSA) is 59.0 Å². The third-order valence-electron chi connectivity index (χ3n) is 4.68. The van der Waals surface area contributed by atoms with Crippen molar-refractivity contribution in [3.05, 3.63) is 60.2 Å². The Kier molecular flexibility index (Phi) is 5.14. The summed E-state index contributed by atoms with van der Waals surface area (Å²) in [6.07, 6.45) is 0. The van der Waals surface area contributed by atoms with Gasteiger partial charge in [-0.15, -0.1) is 0 Å². The monoisotopic (exact) mass is 402 g/mol. The van der Waals surface area contributed by atoms with Gasteiger partial charge < -0.3 is 9.64 Å². The van der Waals surface area contributed by atoms with Crippen LogP contribution in [-0.2, 0) is 16.4 Å². The van der Waals surface area contributed by atoms with Gasteiger partial charge in [-0.3, -0.25) is 4.99 Å².